The van der Waals surface area contributed by atoms with Gasteiger partial charge in [0, 0.05) is 23.2 Å². The summed E-state index contributed by atoms with van der Waals surface area (Å²) in [7, 11) is 0. The zero-order chi connectivity index (χ0) is 15.1. The Morgan fingerprint density at radius 1 is 1.14 bits per heavy atom. The Kier molecular flexibility index (Phi) is 6.05. The Balaban J connectivity index is 1.97. The molecule has 0 unspecified atom stereocenters. The van der Waals surface area contributed by atoms with Crippen LogP contribution in [0, 0.1) is 0 Å². The van der Waals surface area contributed by atoms with Crippen molar-refractivity contribution in [1.29, 1.82) is 0 Å². The molecule has 0 saturated heterocycles. The number of halogens is 1. The summed E-state index contributed by atoms with van der Waals surface area (Å²) in [5.41, 5.74) is 2.26. The second-order valence-corrected chi connectivity index (χ2v) is 5.27. The summed E-state index contributed by atoms with van der Waals surface area (Å²) < 4.78 is 5.53. The molecule has 2 rings (SSSR count). The molecule has 0 aliphatic rings. The minimum atomic E-state index is 0.0168. The highest BCUT2D eigenvalue weighted by molar-refractivity contribution is 6.30. The Morgan fingerprint density at radius 2 is 1.86 bits per heavy atom. The van der Waals surface area contributed by atoms with Gasteiger partial charge >= 0.3 is 0 Å². The lowest BCUT2D eigenvalue weighted by atomic mass is 10.1. The van der Waals surface area contributed by atoms with E-state index in [1.165, 1.54) is 5.56 Å². The third-order valence-electron chi connectivity index (χ3n) is 3.29. The fourth-order valence-corrected chi connectivity index (χ4v) is 2.20. The van der Waals surface area contributed by atoms with Crippen molar-refractivity contribution in [2.24, 2.45) is 0 Å². The number of benzene rings is 2. The molecule has 3 nitrogen and oxygen atoms in total. The molecule has 0 spiro atoms. The second kappa shape index (κ2) is 8.03. The number of hydrogen-bond donors (Lipinski definition) is 2. The van der Waals surface area contributed by atoms with Crippen LogP contribution >= 0.6 is 11.6 Å². The van der Waals surface area contributed by atoms with Gasteiger partial charge in [-0.2, -0.15) is 0 Å². The van der Waals surface area contributed by atoms with Crippen LogP contribution in [0.3, 0.4) is 0 Å². The van der Waals surface area contributed by atoms with Crippen LogP contribution in [0.4, 0.5) is 0 Å². The van der Waals surface area contributed by atoms with Gasteiger partial charge in [0.25, 0.3) is 0 Å². The number of para-hydroxylation sites is 1. The quantitative estimate of drug-likeness (QED) is 0.822. The van der Waals surface area contributed by atoms with E-state index in [1.54, 1.807) is 0 Å². The Bertz CT molecular complexity index is 557. The number of aliphatic hydroxyl groups is 1. The predicted octanol–water partition coefficient (Wildman–Crippen LogP) is 3.56. The smallest absolute Gasteiger partial charge is 0.123 e. The maximum atomic E-state index is 8.86. The van der Waals surface area contributed by atoms with E-state index in [9.17, 15) is 0 Å². The Morgan fingerprint density at radius 3 is 2.57 bits per heavy atom. The van der Waals surface area contributed by atoms with Gasteiger partial charge in [-0.1, -0.05) is 41.9 Å². The highest BCUT2D eigenvalue weighted by atomic mass is 35.5. The molecule has 0 aliphatic heterocycles. The molecule has 0 heterocycles. The summed E-state index contributed by atoms with van der Waals surface area (Å²) in [6, 6.07) is 15.9. The minimum Gasteiger partial charge on any atom is -0.491 e. The maximum absolute atomic E-state index is 8.86. The average Bonchev–Trinajstić information content (AvgIpc) is 2.52. The van der Waals surface area contributed by atoms with Gasteiger partial charge in [-0.15, -0.1) is 0 Å². The normalized spacial score (nSPS) is 12.1. The maximum Gasteiger partial charge on any atom is 0.123 e. The van der Waals surface area contributed by atoms with Crippen LogP contribution in [0.5, 0.6) is 5.75 Å². The van der Waals surface area contributed by atoms with Crippen LogP contribution < -0.4 is 10.1 Å². The molecular weight excluding hydrogens is 286 g/mol. The van der Waals surface area contributed by atoms with Crippen LogP contribution in [0.1, 0.15) is 24.1 Å². The minimum absolute atomic E-state index is 0.0168. The highest BCUT2D eigenvalue weighted by Gasteiger charge is 2.07. The SMILES string of the molecule is C[C@@H](NCc1ccccc1OCCO)c1ccc(Cl)cc1. The lowest BCUT2D eigenvalue weighted by Gasteiger charge is -2.16. The van der Waals surface area contributed by atoms with Gasteiger partial charge < -0.3 is 15.2 Å². The average molecular weight is 306 g/mol. The van der Waals surface area contributed by atoms with Crippen LogP contribution in [-0.4, -0.2) is 18.3 Å². The van der Waals surface area contributed by atoms with Crippen molar-refractivity contribution < 1.29 is 9.84 Å². The molecule has 2 aromatic rings. The molecule has 112 valence electrons. The van der Waals surface area contributed by atoms with Crippen LogP contribution in [-0.2, 0) is 6.54 Å². The van der Waals surface area contributed by atoms with Crippen molar-refractivity contribution in [1.82, 2.24) is 5.32 Å². The van der Waals surface area contributed by atoms with Gasteiger partial charge in [-0.05, 0) is 30.7 Å². The van der Waals surface area contributed by atoms with E-state index in [4.69, 9.17) is 21.4 Å². The van der Waals surface area contributed by atoms with E-state index in [2.05, 4.69) is 12.2 Å². The molecule has 0 radical (unpaired) electrons. The molecular formula is C17H20ClNO2. The van der Waals surface area contributed by atoms with Gasteiger partial charge in [0.05, 0.1) is 6.61 Å². The number of nitrogens with one attached hydrogen (secondary N) is 1. The third-order valence-corrected chi connectivity index (χ3v) is 3.54. The van der Waals surface area contributed by atoms with Gasteiger partial charge in [-0.3, -0.25) is 0 Å². The van der Waals surface area contributed by atoms with Crippen molar-refractivity contribution in [3.05, 3.63) is 64.7 Å². The highest BCUT2D eigenvalue weighted by Crippen LogP contribution is 2.20. The summed E-state index contributed by atoms with van der Waals surface area (Å²) in [6.07, 6.45) is 0. The molecule has 2 N–H and O–H groups in total. The molecule has 0 amide bonds. The van der Waals surface area contributed by atoms with Gasteiger partial charge in [0.2, 0.25) is 0 Å². The van der Waals surface area contributed by atoms with E-state index >= 15 is 0 Å². The van der Waals surface area contributed by atoms with E-state index in [0.717, 1.165) is 16.3 Å². The molecule has 0 aliphatic carbocycles. The first kappa shape index (κ1) is 15.8. The van der Waals surface area contributed by atoms with E-state index in [0.29, 0.717) is 13.2 Å². The zero-order valence-corrected chi connectivity index (χ0v) is 12.8. The molecule has 0 saturated carbocycles. The lowest BCUT2D eigenvalue weighted by molar-refractivity contribution is 0.200. The third kappa shape index (κ3) is 4.74. The van der Waals surface area contributed by atoms with E-state index in [-0.39, 0.29) is 12.6 Å². The van der Waals surface area contributed by atoms with Crippen LogP contribution in [0.25, 0.3) is 0 Å². The van der Waals surface area contributed by atoms with Gasteiger partial charge in [0.1, 0.15) is 12.4 Å². The molecule has 1 atom stereocenters. The van der Waals surface area contributed by atoms with Gasteiger partial charge in [0.15, 0.2) is 0 Å². The van der Waals surface area contributed by atoms with E-state index < -0.39 is 0 Å². The lowest BCUT2D eigenvalue weighted by Crippen LogP contribution is -2.18. The summed E-state index contributed by atoms with van der Waals surface area (Å²) in [5, 5.41) is 13.1. The standard InChI is InChI=1S/C17H20ClNO2/c1-13(14-6-8-16(18)9-7-14)19-12-15-4-2-3-5-17(15)21-11-10-20/h2-9,13,19-20H,10-12H2,1H3/t13-/m1/s1. The predicted molar refractivity (Wildman–Crippen MR) is 85.7 cm³/mol. The number of aliphatic hydroxyl groups excluding tert-OH is 1. The summed E-state index contributed by atoms with van der Waals surface area (Å²) in [4.78, 5) is 0. The number of rotatable bonds is 7. The fraction of sp³-hybridized carbons (Fsp3) is 0.294. The largest absolute Gasteiger partial charge is 0.491 e. The first-order chi connectivity index (χ1) is 10.2. The first-order valence-electron chi connectivity index (χ1n) is 7.01. The van der Waals surface area contributed by atoms with Crippen LogP contribution in [0.15, 0.2) is 48.5 Å². The monoisotopic (exact) mass is 305 g/mol. The Labute approximate surface area is 130 Å². The van der Waals surface area contributed by atoms with Crippen molar-refractivity contribution in [2.75, 3.05) is 13.2 Å². The molecule has 0 fully saturated rings. The zero-order valence-electron chi connectivity index (χ0n) is 12.1. The van der Waals surface area contributed by atoms with Crippen molar-refractivity contribution >= 4 is 11.6 Å². The molecule has 21 heavy (non-hydrogen) atoms. The van der Waals surface area contributed by atoms with Crippen molar-refractivity contribution in [3.8, 4) is 5.75 Å². The first-order valence-corrected chi connectivity index (χ1v) is 7.39. The number of hydrogen-bond acceptors (Lipinski definition) is 3. The molecule has 4 heteroatoms. The van der Waals surface area contributed by atoms with Crippen molar-refractivity contribution in [2.45, 2.75) is 19.5 Å². The molecule has 0 bridgehead atoms. The fourth-order valence-electron chi connectivity index (χ4n) is 2.08. The summed E-state index contributed by atoms with van der Waals surface area (Å²) >= 11 is 5.90. The molecule has 0 aromatic heterocycles. The van der Waals surface area contributed by atoms with E-state index in [1.807, 2.05) is 48.5 Å². The number of ether oxygens (including phenoxy) is 1. The second-order valence-electron chi connectivity index (χ2n) is 4.83. The summed E-state index contributed by atoms with van der Waals surface area (Å²) in [5.74, 6) is 0.808. The Hall–Kier alpha value is -1.55. The summed E-state index contributed by atoms with van der Waals surface area (Å²) in [6.45, 7) is 3.14. The topological polar surface area (TPSA) is 41.5 Å². The molecule has 2 aromatic carbocycles. The van der Waals surface area contributed by atoms with Crippen molar-refractivity contribution in [3.63, 3.8) is 0 Å². The van der Waals surface area contributed by atoms with Gasteiger partial charge in [-0.25, -0.2) is 0 Å². The van der Waals surface area contributed by atoms with Crippen LogP contribution in [0.2, 0.25) is 5.02 Å².